The Morgan fingerprint density at radius 3 is 2.30 bits per heavy atom. The van der Waals surface area contributed by atoms with Gasteiger partial charge in [0.25, 0.3) is 4.38 Å². The fourth-order valence-electron chi connectivity index (χ4n) is 2.24. The van der Waals surface area contributed by atoms with Crippen molar-refractivity contribution in [3.05, 3.63) is 64.9 Å². The molecule has 0 aliphatic carbocycles. The second-order valence-corrected chi connectivity index (χ2v) is 9.16. The highest BCUT2D eigenvalue weighted by Gasteiger charge is 2.37. The zero-order valence-electron chi connectivity index (χ0n) is 15.4. The minimum Gasteiger partial charge on any atom is -0.744 e. The summed E-state index contributed by atoms with van der Waals surface area (Å²) < 4.78 is 33.9. The standard InChI is InChI=1S/C11H13N2OS2.C7H8O3S/c1-12-7-5-4-6-8(12)9-10(14)13(2)11(15-3)16-9;1-6-2-4-7(5-3-6)11(8,9)10/h4-7H,1-3H3;2-5H,1H3,(H,8,9,10)/q+1;/p-1/b9-8-;. The third kappa shape index (κ3) is 5.35. The van der Waals surface area contributed by atoms with E-state index in [9.17, 15) is 17.8 Å². The molecule has 2 aliphatic heterocycles. The van der Waals surface area contributed by atoms with Crippen LogP contribution in [0, 0.1) is 6.92 Å². The van der Waals surface area contributed by atoms with E-state index < -0.39 is 10.1 Å². The van der Waals surface area contributed by atoms with Gasteiger partial charge in [0.05, 0.1) is 10.6 Å². The Morgan fingerprint density at radius 2 is 1.81 bits per heavy atom. The van der Waals surface area contributed by atoms with Crippen molar-refractivity contribution in [3.8, 4) is 0 Å². The van der Waals surface area contributed by atoms with Crippen LogP contribution in [0.15, 0.2) is 64.2 Å². The van der Waals surface area contributed by atoms with Gasteiger partial charge >= 0.3 is 5.91 Å². The first-order chi connectivity index (χ1) is 12.6. The molecule has 144 valence electrons. The van der Waals surface area contributed by atoms with Crippen LogP contribution in [0.3, 0.4) is 0 Å². The molecule has 0 atom stereocenters. The summed E-state index contributed by atoms with van der Waals surface area (Å²) in [6.07, 6.45) is 9.81. The van der Waals surface area contributed by atoms with Gasteiger partial charge in [-0.3, -0.25) is 0 Å². The topological polar surface area (TPSA) is 80.5 Å². The highest BCUT2D eigenvalue weighted by Crippen LogP contribution is 2.34. The predicted molar refractivity (Wildman–Crippen MR) is 110 cm³/mol. The lowest BCUT2D eigenvalue weighted by Gasteiger charge is -2.18. The Bertz CT molecular complexity index is 959. The lowest BCUT2D eigenvalue weighted by atomic mass is 10.2. The van der Waals surface area contributed by atoms with Crippen molar-refractivity contribution in [1.82, 2.24) is 4.90 Å². The Balaban J connectivity index is 0.000000208. The predicted octanol–water partition coefficient (Wildman–Crippen LogP) is 2.75. The number of hydrogen-bond acceptors (Lipinski definition) is 7. The molecule has 0 unspecified atom stereocenters. The fourth-order valence-corrected chi connectivity index (χ4v) is 4.58. The van der Waals surface area contributed by atoms with E-state index in [1.54, 1.807) is 40.2 Å². The van der Waals surface area contributed by atoms with E-state index in [1.807, 2.05) is 56.6 Å². The molecule has 1 amide bonds. The van der Waals surface area contributed by atoms with Gasteiger partial charge in [0.15, 0.2) is 4.91 Å². The summed E-state index contributed by atoms with van der Waals surface area (Å²) in [6, 6.07) is 5.78. The largest absolute Gasteiger partial charge is 0.744 e. The van der Waals surface area contributed by atoms with Gasteiger partial charge in [0.2, 0.25) is 0 Å². The Labute approximate surface area is 168 Å². The summed E-state index contributed by atoms with van der Waals surface area (Å²) >= 11 is 3.15. The van der Waals surface area contributed by atoms with Crippen molar-refractivity contribution in [2.24, 2.45) is 0 Å². The van der Waals surface area contributed by atoms with Crippen molar-refractivity contribution in [1.29, 1.82) is 0 Å². The van der Waals surface area contributed by atoms with E-state index in [4.69, 9.17) is 0 Å². The van der Waals surface area contributed by atoms with E-state index in [2.05, 4.69) is 0 Å². The number of benzene rings is 1. The van der Waals surface area contributed by atoms with Gasteiger partial charge in [-0.05, 0) is 37.5 Å². The Morgan fingerprint density at radius 1 is 1.19 bits per heavy atom. The number of likely N-dealkylation sites (N-methyl/N-ethyl adjacent to an activating group) is 2. The molecule has 2 heterocycles. The molecule has 0 radical (unpaired) electrons. The maximum absolute atomic E-state index is 12.0. The molecule has 0 saturated carbocycles. The highest BCUT2D eigenvalue weighted by atomic mass is 32.2. The van der Waals surface area contributed by atoms with E-state index in [0.717, 1.165) is 20.5 Å². The molecule has 6 nitrogen and oxygen atoms in total. The summed E-state index contributed by atoms with van der Waals surface area (Å²) in [5.41, 5.74) is 1.89. The van der Waals surface area contributed by atoms with Crippen LogP contribution in [0.1, 0.15) is 5.56 Å². The van der Waals surface area contributed by atoms with Gasteiger partial charge in [-0.25, -0.2) is 13.2 Å². The number of rotatable bonds is 1. The molecule has 1 aromatic rings. The molecule has 0 N–H and O–H groups in total. The van der Waals surface area contributed by atoms with Gasteiger partial charge in [-0.2, -0.15) is 0 Å². The van der Waals surface area contributed by atoms with Crippen LogP contribution in [0.25, 0.3) is 0 Å². The average molecular weight is 425 g/mol. The molecular formula is C18H20N2O4S3. The zero-order chi connectivity index (χ0) is 20.2. The van der Waals surface area contributed by atoms with E-state index in [1.165, 1.54) is 12.1 Å². The maximum atomic E-state index is 12.0. The molecule has 0 aromatic heterocycles. The van der Waals surface area contributed by atoms with Crippen molar-refractivity contribution >= 4 is 43.9 Å². The van der Waals surface area contributed by atoms with Crippen LogP contribution in [-0.2, 0) is 14.9 Å². The van der Waals surface area contributed by atoms with Gasteiger partial charge in [0, 0.05) is 25.0 Å². The molecule has 0 saturated heterocycles. The Hall–Kier alpha value is -1.81. The van der Waals surface area contributed by atoms with E-state index in [-0.39, 0.29) is 10.8 Å². The molecule has 3 rings (SSSR count). The number of allylic oxidation sites excluding steroid dienone is 3. The first kappa shape index (κ1) is 21.5. The first-order valence-corrected chi connectivity index (χ1v) is 11.3. The smallest absolute Gasteiger partial charge is 0.429 e. The second kappa shape index (κ2) is 8.92. The van der Waals surface area contributed by atoms with E-state index in [0.29, 0.717) is 0 Å². The lowest BCUT2D eigenvalue weighted by molar-refractivity contribution is -0.406. The summed E-state index contributed by atoms with van der Waals surface area (Å²) in [5, 5.41) is 0. The summed E-state index contributed by atoms with van der Waals surface area (Å²) in [4.78, 5) is 14.6. The number of nitrogens with zero attached hydrogens (tertiary/aromatic N) is 2. The van der Waals surface area contributed by atoms with Crippen LogP contribution in [0.5, 0.6) is 0 Å². The quantitative estimate of drug-likeness (QED) is 0.389. The highest BCUT2D eigenvalue weighted by molar-refractivity contribution is 8.40. The molecule has 0 fully saturated rings. The monoisotopic (exact) mass is 424 g/mol. The van der Waals surface area contributed by atoms with Gasteiger partial charge in [-0.1, -0.05) is 35.5 Å². The Kier molecular flexibility index (Phi) is 7.10. The third-order valence-corrected chi connectivity index (χ3v) is 6.99. The third-order valence-electron chi connectivity index (χ3n) is 3.73. The SMILES string of the molecule is CSC1=[N+](C)C(=O)/C(=C2\C=CC=CN2C)S1.Cc1ccc(S(=O)(=O)[O-])cc1. The molecule has 0 spiro atoms. The van der Waals surface area contributed by atoms with Crippen LogP contribution >= 0.6 is 23.5 Å². The number of carbonyl (C=O) groups is 1. The lowest BCUT2D eigenvalue weighted by Crippen LogP contribution is -2.18. The molecule has 2 aliphatic rings. The van der Waals surface area contributed by atoms with Crippen molar-refractivity contribution < 1.29 is 22.3 Å². The van der Waals surface area contributed by atoms with Gasteiger partial charge in [-0.15, -0.1) is 4.58 Å². The zero-order valence-corrected chi connectivity index (χ0v) is 17.8. The fraction of sp³-hybridized carbons (Fsp3) is 0.222. The summed E-state index contributed by atoms with van der Waals surface area (Å²) in [5.74, 6) is 0.0798. The van der Waals surface area contributed by atoms with Gasteiger partial charge in [0.1, 0.15) is 17.2 Å². The molecule has 9 heteroatoms. The number of carbonyl (C=O) groups excluding carboxylic acids is 1. The van der Waals surface area contributed by atoms with Crippen LogP contribution in [0.2, 0.25) is 0 Å². The van der Waals surface area contributed by atoms with Crippen LogP contribution in [0.4, 0.5) is 0 Å². The summed E-state index contributed by atoms with van der Waals surface area (Å²) in [7, 11) is -0.501. The first-order valence-electron chi connectivity index (χ1n) is 7.86. The minimum absolute atomic E-state index is 0.0798. The van der Waals surface area contributed by atoms with Crippen molar-refractivity contribution in [3.63, 3.8) is 0 Å². The number of amides is 1. The number of aryl methyl sites for hydroxylation is 1. The second-order valence-electron chi connectivity index (χ2n) is 5.73. The van der Waals surface area contributed by atoms with Crippen LogP contribution in [-0.4, -0.2) is 53.1 Å². The number of thioether (sulfide) groups is 2. The van der Waals surface area contributed by atoms with Crippen molar-refractivity contribution in [2.45, 2.75) is 11.8 Å². The molecule has 27 heavy (non-hydrogen) atoms. The number of hydrogen-bond donors (Lipinski definition) is 0. The van der Waals surface area contributed by atoms with Crippen LogP contribution < -0.4 is 0 Å². The average Bonchev–Trinajstić information content (AvgIpc) is 2.90. The molecular weight excluding hydrogens is 404 g/mol. The minimum atomic E-state index is -4.27. The molecule has 1 aromatic carbocycles. The van der Waals surface area contributed by atoms with Crippen molar-refractivity contribution in [2.75, 3.05) is 20.4 Å². The maximum Gasteiger partial charge on any atom is 0.429 e. The normalized spacial score (nSPS) is 19.4. The molecule has 0 bridgehead atoms. The summed E-state index contributed by atoms with van der Waals surface area (Å²) in [6.45, 7) is 1.82. The van der Waals surface area contributed by atoms with E-state index >= 15 is 0 Å². The van der Waals surface area contributed by atoms with Gasteiger partial charge < -0.3 is 9.45 Å².